The fourth-order valence-corrected chi connectivity index (χ4v) is 4.36. The van der Waals surface area contributed by atoms with Crippen molar-refractivity contribution in [2.45, 2.75) is 25.5 Å². The third kappa shape index (κ3) is 3.30. The molecule has 156 valence electrons. The molecule has 1 N–H and O–H groups in total. The van der Waals surface area contributed by atoms with Crippen molar-refractivity contribution in [3.8, 4) is 11.5 Å². The summed E-state index contributed by atoms with van der Waals surface area (Å²) in [5, 5.41) is 9.23. The molecular formula is C25H21NO5. The van der Waals surface area contributed by atoms with Crippen molar-refractivity contribution < 1.29 is 24.2 Å². The molecule has 6 heteroatoms. The molecule has 0 aromatic heterocycles. The predicted octanol–water partition coefficient (Wildman–Crippen LogP) is 4.62. The number of aryl methyl sites for hydroxylation is 1. The number of methoxy groups -OCH3 is 1. The van der Waals surface area contributed by atoms with Crippen molar-refractivity contribution in [1.82, 2.24) is 0 Å². The SMILES string of the molecule is COc1ccc(N2Cc3ccc(C(=O)O)cc3C2=O)cc1OC1CCc2ccccc21. The van der Waals surface area contributed by atoms with Crippen molar-refractivity contribution in [2.75, 3.05) is 12.0 Å². The van der Waals surface area contributed by atoms with E-state index in [-0.39, 0.29) is 17.6 Å². The second kappa shape index (κ2) is 7.47. The first kappa shape index (κ1) is 19.2. The second-order valence-electron chi connectivity index (χ2n) is 7.75. The Bertz CT molecular complexity index is 1200. The quantitative estimate of drug-likeness (QED) is 0.658. The number of fused-ring (bicyclic) bond motifs is 2. The van der Waals surface area contributed by atoms with Crippen LogP contribution >= 0.6 is 0 Å². The number of nitrogens with zero attached hydrogens (tertiary/aromatic N) is 1. The number of hydrogen-bond donors (Lipinski definition) is 1. The molecule has 1 heterocycles. The van der Waals surface area contributed by atoms with Crippen LogP contribution in [0.25, 0.3) is 0 Å². The summed E-state index contributed by atoms with van der Waals surface area (Å²) in [6, 6.07) is 18.4. The van der Waals surface area contributed by atoms with E-state index in [9.17, 15) is 14.7 Å². The van der Waals surface area contributed by atoms with Gasteiger partial charge in [0, 0.05) is 17.3 Å². The predicted molar refractivity (Wildman–Crippen MR) is 115 cm³/mol. The molecule has 1 aliphatic carbocycles. The zero-order chi connectivity index (χ0) is 21.5. The standard InChI is InChI=1S/C25H21NO5/c1-30-22-11-9-18(13-23(22)31-21-10-8-15-4-2-3-5-19(15)21)26-14-17-7-6-16(25(28)29)12-20(17)24(26)27/h2-7,9,11-13,21H,8,10,14H2,1H3,(H,28,29). The van der Waals surface area contributed by atoms with Gasteiger partial charge in [0.05, 0.1) is 19.2 Å². The number of rotatable bonds is 5. The molecule has 3 aromatic rings. The number of carbonyl (C=O) groups is 2. The summed E-state index contributed by atoms with van der Waals surface area (Å²) in [6.45, 7) is 0.381. The summed E-state index contributed by atoms with van der Waals surface area (Å²) in [4.78, 5) is 25.9. The van der Waals surface area contributed by atoms with Gasteiger partial charge in [0.15, 0.2) is 11.5 Å². The Morgan fingerprint density at radius 2 is 1.87 bits per heavy atom. The molecule has 0 fully saturated rings. The van der Waals surface area contributed by atoms with Crippen LogP contribution in [-0.4, -0.2) is 24.1 Å². The lowest BCUT2D eigenvalue weighted by Gasteiger charge is -2.21. The molecule has 0 radical (unpaired) electrons. The minimum atomic E-state index is -1.05. The fourth-order valence-electron chi connectivity index (χ4n) is 4.36. The Hall–Kier alpha value is -3.80. The average molecular weight is 415 g/mol. The second-order valence-corrected chi connectivity index (χ2v) is 7.75. The summed E-state index contributed by atoms with van der Waals surface area (Å²) in [6.07, 6.45) is 1.79. The van der Waals surface area contributed by atoms with Crippen LogP contribution in [0, 0.1) is 0 Å². The summed E-state index contributed by atoms with van der Waals surface area (Å²) < 4.78 is 11.8. The molecule has 6 nitrogen and oxygen atoms in total. The third-order valence-electron chi connectivity index (χ3n) is 5.97. The van der Waals surface area contributed by atoms with E-state index in [0.29, 0.717) is 29.3 Å². The van der Waals surface area contributed by atoms with Gasteiger partial charge in [0.2, 0.25) is 0 Å². The minimum Gasteiger partial charge on any atom is -0.493 e. The highest BCUT2D eigenvalue weighted by molar-refractivity contribution is 6.11. The largest absolute Gasteiger partial charge is 0.493 e. The van der Waals surface area contributed by atoms with Crippen LogP contribution in [0.3, 0.4) is 0 Å². The Morgan fingerprint density at radius 1 is 1.03 bits per heavy atom. The highest BCUT2D eigenvalue weighted by atomic mass is 16.5. The van der Waals surface area contributed by atoms with Gasteiger partial charge in [-0.25, -0.2) is 4.79 Å². The fraction of sp³-hybridized carbons (Fsp3) is 0.200. The van der Waals surface area contributed by atoms with Gasteiger partial charge in [0.25, 0.3) is 5.91 Å². The monoisotopic (exact) mass is 415 g/mol. The molecule has 1 unspecified atom stereocenters. The van der Waals surface area contributed by atoms with E-state index in [4.69, 9.17) is 9.47 Å². The molecule has 0 saturated heterocycles. The number of carbonyl (C=O) groups excluding carboxylic acids is 1. The first-order valence-electron chi connectivity index (χ1n) is 10.2. The highest BCUT2D eigenvalue weighted by Gasteiger charge is 2.31. The molecule has 5 rings (SSSR count). The number of aromatic carboxylic acids is 1. The van der Waals surface area contributed by atoms with Crippen molar-refractivity contribution in [3.05, 3.63) is 88.5 Å². The van der Waals surface area contributed by atoms with E-state index in [1.165, 1.54) is 23.3 Å². The van der Waals surface area contributed by atoms with Gasteiger partial charge >= 0.3 is 5.97 Å². The van der Waals surface area contributed by atoms with Gasteiger partial charge in [-0.15, -0.1) is 0 Å². The van der Waals surface area contributed by atoms with Crippen LogP contribution < -0.4 is 14.4 Å². The molecule has 0 spiro atoms. The van der Waals surface area contributed by atoms with Crippen molar-refractivity contribution in [1.29, 1.82) is 0 Å². The van der Waals surface area contributed by atoms with Crippen LogP contribution in [0.5, 0.6) is 11.5 Å². The molecule has 0 saturated carbocycles. The number of benzene rings is 3. The number of carboxylic acid groups (broad SMARTS) is 1. The molecule has 0 bridgehead atoms. The maximum atomic E-state index is 13.0. The summed E-state index contributed by atoms with van der Waals surface area (Å²) in [5.41, 5.74) is 4.48. The highest BCUT2D eigenvalue weighted by Crippen LogP contribution is 2.41. The number of carboxylic acids is 1. The van der Waals surface area contributed by atoms with E-state index < -0.39 is 5.97 Å². The van der Waals surface area contributed by atoms with Gasteiger partial charge in [-0.3, -0.25) is 4.79 Å². The molecule has 1 atom stereocenters. The Morgan fingerprint density at radius 3 is 2.68 bits per heavy atom. The van der Waals surface area contributed by atoms with Crippen LogP contribution in [-0.2, 0) is 13.0 Å². The Balaban J connectivity index is 1.45. The van der Waals surface area contributed by atoms with E-state index in [0.717, 1.165) is 18.4 Å². The van der Waals surface area contributed by atoms with Crippen LogP contribution in [0.1, 0.15) is 49.9 Å². The Kier molecular flexibility index (Phi) is 4.62. The average Bonchev–Trinajstić information content (AvgIpc) is 3.34. The van der Waals surface area contributed by atoms with Crippen LogP contribution in [0.2, 0.25) is 0 Å². The molecule has 2 aliphatic rings. The van der Waals surface area contributed by atoms with E-state index in [1.54, 1.807) is 24.1 Å². The number of amides is 1. The molecule has 1 aliphatic heterocycles. The van der Waals surface area contributed by atoms with Crippen molar-refractivity contribution in [2.24, 2.45) is 0 Å². The normalized spacial score (nSPS) is 16.7. The van der Waals surface area contributed by atoms with E-state index in [2.05, 4.69) is 12.1 Å². The maximum absolute atomic E-state index is 13.0. The maximum Gasteiger partial charge on any atom is 0.335 e. The van der Waals surface area contributed by atoms with Crippen molar-refractivity contribution in [3.63, 3.8) is 0 Å². The zero-order valence-electron chi connectivity index (χ0n) is 17.0. The topological polar surface area (TPSA) is 76.1 Å². The number of anilines is 1. The van der Waals surface area contributed by atoms with Gasteiger partial charge in [-0.05, 0) is 53.8 Å². The first-order chi connectivity index (χ1) is 15.0. The van der Waals surface area contributed by atoms with E-state index >= 15 is 0 Å². The summed E-state index contributed by atoms with van der Waals surface area (Å²) in [7, 11) is 1.59. The lowest BCUT2D eigenvalue weighted by atomic mass is 10.1. The summed E-state index contributed by atoms with van der Waals surface area (Å²) >= 11 is 0. The minimum absolute atomic E-state index is 0.0649. The number of ether oxygens (including phenoxy) is 2. The molecule has 1 amide bonds. The molecular weight excluding hydrogens is 394 g/mol. The summed E-state index contributed by atoms with van der Waals surface area (Å²) in [5.74, 6) is -0.0893. The first-order valence-corrected chi connectivity index (χ1v) is 10.2. The lowest BCUT2D eigenvalue weighted by Crippen LogP contribution is -2.23. The zero-order valence-corrected chi connectivity index (χ0v) is 17.0. The Labute approximate surface area is 179 Å². The van der Waals surface area contributed by atoms with Crippen LogP contribution in [0.15, 0.2) is 60.7 Å². The number of hydrogen-bond acceptors (Lipinski definition) is 4. The smallest absolute Gasteiger partial charge is 0.335 e. The van der Waals surface area contributed by atoms with Gasteiger partial charge in [-0.1, -0.05) is 30.3 Å². The van der Waals surface area contributed by atoms with Crippen molar-refractivity contribution >= 4 is 17.6 Å². The molecule has 3 aromatic carbocycles. The lowest BCUT2D eigenvalue weighted by molar-refractivity contribution is 0.0697. The van der Waals surface area contributed by atoms with Crippen LogP contribution in [0.4, 0.5) is 5.69 Å². The van der Waals surface area contributed by atoms with Gasteiger partial charge in [0.1, 0.15) is 6.10 Å². The molecule has 31 heavy (non-hydrogen) atoms. The third-order valence-corrected chi connectivity index (χ3v) is 5.97. The van der Waals surface area contributed by atoms with Gasteiger partial charge < -0.3 is 19.5 Å². The van der Waals surface area contributed by atoms with E-state index in [1.807, 2.05) is 24.3 Å². The van der Waals surface area contributed by atoms with Gasteiger partial charge in [-0.2, -0.15) is 0 Å².